The number of halogens is 2. The minimum atomic E-state index is -0.474. The Kier molecular flexibility index (Phi) is 5.18. The molecule has 0 aliphatic carbocycles. The summed E-state index contributed by atoms with van der Waals surface area (Å²) in [6, 6.07) is 5.08. The van der Waals surface area contributed by atoms with Crippen molar-refractivity contribution in [2.45, 2.75) is 13.5 Å². The molecule has 116 valence electrons. The fraction of sp³-hybridized carbons (Fsp3) is 0.214. The fourth-order valence-corrected chi connectivity index (χ4v) is 2.52. The summed E-state index contributed by atoms with van der Waals surface area (Å²) in [5.41, 5.74) is -0.00145. The molecule has 0 amide bonds. The van der Waals surface area contributed by atoms with Crippen molar-refractivity contribution < 1.29 is 0 Å². The molecule has 0 fully saturated rings. The lowest BCUT2D eigenvalue weighted by Gasteiger charge is -2.17. The normalized spacial score (nSPS) is 10.5. The SMILES string of the molecule is C=CCN(N)c1nc(-c2c(Cl)cccc2Cl)n(CC)c(=O)n1. The second-order valence-electron chi connectivity index (χ2n) is 4.41. The van der Waals surface area contributed by atoms with Gasteiger partial charge in [-0.15, -0.1) is 6.58 Å². The molecule has 2 aromatic rings. The van der Waals surface area contributed by atoms with E-state index in [4.69, 9.17) is 29.0 Å². The summed E-state index contributed by atoms with van der Waals surface area (Å²) in [6.45, 7) is 6.07. The third-order valence-electron chi connectivity index (χ3n) is 2.97. The largest absolute Gasteiger partial charge is 0.352 e. The summed E-state index contributed by atoms with van der Waals surface area (Å²) >= 11 is 12.4. The molecule has 0 unspecified atom stereocenters. The molecule has 6 nitrogen and oxygen atoms in total. The molecule has 0 saturated heterocycles. The van der Waals surface area contributed by atoms with Crippen LogP contribution < -0.4 is 16.5 Å². The van der Waals surface area contributed by atoms with Crippen LogP contribution in [0.1, 0.15) is 6.92 Å². The standard InChI is InChI=1S/C14H15Cl2N5O/c1-3-8-21(17)13-18-12(20(4-2)14(22)19-13)11-9(15)6-5-7-10(11)16/h3,5-7H,1,4,8,17H2,2H3. The molecule has 2 rings (SSSR count). The zero-order valence-electron chi connectivity index (χ0n) is 12.0. The highest BCUT2D eigenvalue weighted by atomic mass is 35.5. The van der Waals surface area contributed by atoms with Gasteiger partial charge in [-0.2, -0.15) is 9.97 Å². The van der Waals surface area contributed by atoms with E-state index in [9.17, 15) is 4.79 Å². The predicted molar refractivity (Wildman–Crippen MR) is 89.2 cm³/mol. The van der Waals surface area contributed by atoms with Crippen molar-refractivity contribution >= 4 is 29.2 Å². The van der Waals surface area contributed by atoms with Crippen LogP contribution in [0.4, 0.5) is 5.95 Å². The molecule has 1 heterocycles. The third kappa shape index (κ3) is 3.14. The number of anilines is 1. The van der Waals surface area contributed by atoms with Crippen LogP contribution in [0.25, 0.3) is 11.4 Å². The van der Waals surface area contributed by atoms with Crippen molar-refractivity contribution in [2.75, 3.05) is 11.6 Å². The van der Waals surface area contributed by atoms with Crippen molar-refractivity contribution in [3.63, 3.8) is 0 Å². The zero-order chi connectivity index (χ0) is 16.3. The van der Waals surface area contributed by atoms with Gasteiger partial charge in [-0.05, 0) is 19.1 Å². The summed E-state index contributed by atoms with van der Waals surface area (Å²) in [6.07, 6.45) is 1.58. The average Bonchev–Trinajstić information content (AvgIpc) is 2.47. The van der Waals surface area contributed by atoms with Crippen molar-refractivity contribution in [2.24, 2.45) is 5.84 Å². The van der Waals surface area contributed by atoms with Gasteiger partial charge < -0.3 is 0 Å². The Labute approximate surface area is 137 Å². The van der Waals surface area contributed by atoms with Crippen LogP contribution in [0.2, 0.25) is 10.0 Å². The maximum Gasteiger partial charge on any atom is 0.352 e. The molecular formula is C14H15Cl2N5O. The van der Waals surface area contributed by atoms with Crippen LogP contribution in [-0.2, 0) is 6.54 Å². The molecule has 0 saturated carbocycles. The summed E-state index contributed by atoms with van der Waals surface area (Å²) in [5, 5.41) is 2.01. The van der Waals surface area contributed by atoms with Crippen molar-refractivity contribution in [3.05, 3.63) is 51.4 Å². The van der Waals surface area contributed by atoms with E-state index in [1.54, 1.807) is 24.3 Å². The van der Waals surface area contributed by atoms with Crippen LogP contribution in [0.15, 0.2) is 35.6 Å². The third-order valence-corrected chi connectivity index (χ3v) is 3.60. The number of hydrogen-bond donors (Lipinski definition) is 1. The Hall–Kier alpha value is -1.89. The highest BCUT2D eigenvalue weighted by Gasteiger charge is 2.18. The van der Waals surface area contributed by atoms with Gasteiger partial charge in [0.1, 0.15) is 0 Å². The van der Waals surface area contributed by atoms with E-state index < -0.39 is 5.69 Å². The summed E-state index contributed by atoms with van der Waals surface area (Å²) in [7, 11) is 0. The molecule has 1 aromatic carbocycles. The van der Waals surface area contributed by atoms with E-state index in [-0.39, 0.29) is 5.95 Å². The lowest BCUT2D eigenvalue weighted by atomic mass is 10.2. The minimum Gasteiger partial charge on any atom is -0.276 e. The zero-order valence-corrected chi connectivity index (χ0v) is 13.5. The molecular weight excluding hydrogens is 325 g/mol. The lowest BCUT2D eigenvalue weighted by Crippen LogP contribution is -2.36. The van der Waals surface area contributed by atoms with Gasteiger partial charge in [0.15, 0.2) is 5.82 Å². The van der Waals surface area contributed by atoms with E-state index in [2.05, 4.69) is 16.5 Å². The summed E-state index contributed by atoms with van der Waals surface area (Å²) in [5.74, 6) is 6.22. The molecule has 2 N–H and O–H groups in total. The van der Waals surface area contributed by atoms with E-state index >= 15 is 0 Å². The maximum atomic E-state index is 12.2. The van der Waals surface area contributed by atoms with Crippen LogP contribution in [0.5, 0.6) is 0 Å². The number of nitrogens with two attached hydrogens (primary N) is 1. The molecule has 1 aromatic heterocycles. The molecule has 8 heteroatoms. The number of hydrogen-bond acceptors (Lipinski definition) is 5. The number of benzene rings is 1. The predicted octanol–water partition coefficient (Wildman–Crippen LogP) is 2.50. The number of aromatic nitrogens is 3. The van der Waals surface area contributed by atoms with Gasteiger partial charge in [-0.1, -0.05) is 35.3 Å². The van der Waals surface area contributed by atoms with Crippen LogP contribution in [0.3, 0.4) is 0 Å². The van der Waals surface area contributed by atoms with E-state index in [0.717, 1.165) is 0 Å². The Balaban J connectivity index is 2.73. The molecule has 0 radical (unpaired) electrons. The molecule has 0 aliphatic heterocycles. The number of rotatable bonds is 5. The van der Waals surface area contributed by atoms with Crippen LogP contribution >= 0.6 is 23.2 Å². The monoisotopic (exact) mass is 339 g/mol. The average molecular weight is 340 g/mol. The minimum absolute atomic E-state index is 0.0839. The molecule has 0 aliphatic rings. The Bertz CT molecular complexity index is 739. The molecule has 0 atom stereocenters. The molecule has 22 heavy (non-hydrogen) atoms. The van der Waals surface area contributed by atoms with Gasteiger partial charge in [0, 0.05) is 6.54 Å². The van der Waals surface area contributed by atoms with Gasteiger partial charge in [0.05, 0.1) is 22.2 Å². The Morgan fingerprint density at radius 1 is 1.36 bits per heavy atom. The van der Waals surface area contributed by atoms with Crippen LogP contribution in [0, 0.1) is 0 Å². The van der Waals surface area contributed by atoms with Gasteiger partial charge in [-0.3, -0.25) is 9.58 Å². The van der Waals surface area contributed by atoms with Gasteiger partial charge >= 0.3 is 5.69 Å². The quantitative estimate of drug-likeness (QED) is 0.514. The van der Waals surface area contributed by atoms with Gasteiger partial charge in [-0.25, -0.2) is 10.6 Å². The smallest absolute Gasteiger partial charge is 0.276 e. The van der Waals surface area contributed by atoms with E-state index in [0.29, 0.717) is 34.5 Å². The fourth-order valence-electron chi connectivity index (χ4n) is 1.95. The van der Waals surface area contributed by atoms with Crippen molar-refractivity contribution in [1.29, 1.82) is 0 Å². The van der Waals surface area contributed by atoms with E-state index in [1.165, 1.54) is 9.58 Å². The first-order chi connectivity index (χ1) is 10.5. The van der Waals surface area contributed by atoms with E-state index in [1.807, 2.05) is 6.92 Å². The highest BCUT2D eigenvalue weighted by Crippen LogP contribution is 2.33. The second-order valence-corrected chi connectivity index (χ2v) is 5.23. The number of nitrogens with zero attached hydrogens (tertiary/aromatic N) is 4. The first kappa shape index (κ1) is 16.5. The van der Waals surface area contributed by atoms with Gasteiger partial charge in [0.2, 0.25) is 5.95 Å². The highest BCUT2D eigenvalue weighted by molar-refractivity contribution is 6.39. The molecule has 0 bridgehead atoms. The van der Waals surface area contributed by atoms with Crippen LogP contribution in [-0.4, -0.2) is 21.1 Å². The second kappa shape index (κ2) is 6.91. The lowest BCUT2D eigenvalue weighted by molar-refractivity contribution is 0.677. The first-order valence-corrected chi connectivity index (χ1v) is 7.31. The Morgan fingerprint density at radius 3 is 2.55 bits per heavy atom. The van der Waals surface area contributed by atoms with Crippen molar-refractivity contribution in [1.82, 2.24) is 14.5 Å². The topological polar surface area (TPSA) is 77.0 Å². The van der Waals surface area contributed by atoms with Gasteiger partial charge in [0.25, 0.3) is 0 Å². The summed E-state index contributed by atoms with van der Waals surface area (Å²) in [4.78, 5) is 20.4. The first-order valence-electron chi connectivity index (χ1n) is 6.56. The summed E-state index contributed by atoms with van der Waals surface area (Å²) < 4.78 is 1.39. The maximum absolute atomic E-state index is 12.2. The van der Waals surface area contributed by atoms with Crippen molar-refractivity contribution in [3.8, 4) is 11.4 Å². The number of hydrazine groups is 1. The molecule has 0 spiro atoms. The Morgan fingerprint density at radius 2 is 2.00 bits per heavy atom.